The molecule has 0 saturated carbocycles. The third-order valence-corrected chi connectivity index (χ3v) is 9.64. The molecule has 0 aromatic rings. The zero-order chi connectivity index (χ0) is 38.8. The van der Waals surface area contributed by atoms with Crippen molar-refractivity contribution in [2.75, 3.05) is 13.2 Å². The highest BCUT2D eigenvalue weighted by Crippen LogP contribution is 2.23. The molecule has 9 heteroatoms. The average molecular weight is 748 g/mol. The molecule has 1 aliphatic rings. The van der Waals surface area contributed by atoms with E-state index in [-0.39, 0.29) is 12.5 Å². The maximum atomic E-state index is 12.8. The molecule has 1 amide bonds. The molecule has 0 spiro atoms. The Kier molecular flexibility index (Phi) is 31.7. The number of carbonyl (C=O) groups is 1. The topological polar surface area (TPSA) is 149 Å². The van der Waals surface area contributed by atoms with E-state index in [9.17, 15) is 30.3 Å². The van der Waals surface area contributed by atoms with Crippen molar-refractivity contribution in [1.29, 1.82) is 0 Å². The van der Waals surface area contributed by atoms with Gasteiger partial charge in [0.1, 0.15) is 24.4 Å². The minimum Gasteiger partial charge on any atom is -0.394 e. The van der Waals surface area contributed by atoms with Crippen LogP contribution in [0.2, 0.25) is 0 Å². The standard InChI is InChI=1S/C44H77NO8/c1-3-5-7-8-9-10-11-12-13-14-15-16-17-18-19-20-21-22-23-24-25-26-27-28-29-30-32-34-40(48)45-37(38(47)33-31-6-4-2)36-52-44-43(51)42(50)41(49)39(35-46)53-44/h5,7,9-10,12-13,15-16,18-19,37-39,41-44,46-47,49-51H,3-4,6,8,11,14,17,20-36H2,1-2H3,(H,45,48)/b7-5-,10-9-,13-12-,16-15-,19-18-. The predicted molar refractivity (Wildman–Crippen MR) is 216 cm³/mol. The van der Waals surface area contributed by atoms with Gasteiger partial charge in [-0.3, -0.25) is 4.79 Å². The Morgan fingerprint density at radius 1 is 0.660 bits per heavy atom. The first-order valence-corrected chi connectivity index (χ1v) is 21.0. The number of amides is 1. The van der Waals surface area contributed by atoms with E-state index in [0.717, 1.165) is 70.6 Å². The first kappa shape index (κ1) is 48.9. The molecule has 7 unspecified atom stereocenters. The lowest BCUT2D eigenvalue weighted by Gasteiger charge is -2.40. The largest absolute Gasteiger partial charge is 0.394 e. The van der Waals surface area contributed by atoms with Crippen molar-refractivity contribution in [2.24, 2.45) is 0 Å². The number of hydrogen-bond donors (Lipinski definition) is 6. The third-order valence-electron chi connectivity index (χ3n) is 9.64. The maximum Gasteiger partial charge on any atom is 0.220 e. The van der Waals surface area contributed by atoms with Gasteiger partial charge in [0.05, 0.1) is 25.4 Å². The van der Waals surface area contributed by atoms with Gasteiger partial charge in [0.25, 0.3) is 0 Å². The Labute approximate surface area is 322 Å². The molecule has 53 heavy (non-hydrogen) atoms. The lowest BCUT2D eigenvalue weighted by atomic mass is 9.99. The molecular formula is C44H77NO8. The van der Waals surface area contributed by atoms with Crippen LogP contribution < -0.4 is 5.32 Å². The van der Waals surface area contributed by atoms with E-state index >= 15 is 0 Å². The van der Waals surface area contributed by atoms with Crippen LogP contribution in [0.15, 0.2) is 60.8 Å². The number of allylic oxidation sites excluding steroid dienone is 10. The summed E-state index contributed by atoms with van der Waals surface area (Å²) < 4.78 is 11.1. The van der Waals surface area contributed by atoms with Gasteiger partial charge in [-0.1, -0.05) is 152 Å². The highest BCUT2D eigenvalue weighted by molar-refractivity contribution is 5.76. The van der Waals surface area contributed by atoms with E-state index in [2.05, 4.69) is 79.9 Å². The fourth-order valence-electron chi connectivity index (χ4n) is 6.24. The van der Waals surface area contributed by atoms with E-state index in [4.69, 9.17) is 9.47 Å². The van der Waals surface area contributed by atoms with Crippen LogP contribution in [0, 0.1) is 0 Å². The van der Waals surface area contributed by atoms with Gasteiger partial charge in [0.15, 0.2) is 6.29 Å². The van der Waals surface area contributed by atoms with Crippen LogP contribution in [0.5, 0.6) is 0 Å². The van der Waals surface area contributed by atoms with Crippen molar-refractivity contribution in [3.8, 4) is 0 Å². The van der Waals surface area contributed by atoms with E-state index in [1.165, 1.54) is 57.8 Å². The molecule has 0 radical (unpaired) electrons. The summed E-state index contributed by atoms with van der Waals surface area (Å²) in [5, 5.41) is 53.5. The van der Waals surface area contributed by atoms with Crippen LogP contribution in [0.3, 0.4) is 0 Å². The van der Waals surface area contributed by atoms with Crippen molar-refractivity contribution >= 4 is 5.91 Å². The molecule has 1 rings (SSSR count). The second kappa shape index (κ2) is 34.4. The number of aliphatic hydroxyl groups is 5. The molecule has 1 heterocycles. The van der Waals surface area contributed by atoms with E-state index in [1.807, 2.05) is 0 Å². The SMILES string of the molecule is CC/C=C\C/C=C\C/C=C\C/C=C\C/C=C\CCCCCCCCCCCCCC(=O)NC(COC1OC(CO)C(O)C(O)C1O)C(O)CCCCC. The quantitative estimate of drug-likeness (QED) is 0.0292. The minimum atomic E-state index is -1.55. The van der Waals surface area contributed by atoms with Crippen LogP contribution in [0.4, 0.5) is 0 Å². The molecule has 1 fully saturated rings. The highest BCUT2D eigenvalue weighted by Gasteiger charge is 2.44. The van der Waals surface area contributed by atoms with Crippen LogP contribution in [0.1, 0.15) is 155 Å². The number of ether oxygens (including phenoxy) is 2. The van der Waals surface area contributed by atoms with Crippen LogP contribution in [-0.2, 0) is 14.3 Å². The summed E-state index contributed by atoms with van der Waals surface area (Å²) in [5.74, 6) is -0.164. The summed E-state index contributed by atoms with van der Waals surface area (Å²) in [5.41, 5.74) is 0. The summed E-state index contributed by atoms with van der Waals surface area (Å²) in [4.78, 5) is 12.8. The minimum absolute atomic E-state index is 0.147. The lowest BCUT2D eigenvalue weighted by Crippen LogP contribution is -2.60. The summed E-state index contributed by atoms with van der Waals surface area (Å²) in [6.07, 6.45) is 37.5. The first-order chi connectivity index (χ1) is 25.8. The van der Waals surface area contributed by atoms with Crippen LogP contribution >= 0.6 is 0 Å². The predicted octanol–water partition coefficient (Wildman–Crippen LogP) is 8.05. The molecule has 0 bridgehead atoms. The zero-order valence-corrected chi connectivity index (χ0v) is 33.2. The van der Waals surface area contributed by atoms with Crippen LogP contribution in [0.25, 0.3) is 0 Å². The number of unbranched alkanes of at least 4 members (excludes halogenated alkanes) is 13. The zero-order valence-electron chi connectivity index (χ0n) is 33.2. The van der Waals surface area contributed by atoms with Gasteiger partial charge in [-0.05, 0) is 57.8 Å². The fourth-order valence-corrected chi connectivity index (χ4v) is 6.24. The smallest absolute Gasteiger partial charge is 0.220 e. The monoisotopic (exact) mass is 748 g/mol. The number of aliphatic hydroxyl groups excluding tert-OH is 5. The van der Waals surface area contributed by atoms with Crippen molar-refractivity contribution < 1.29 is 39.8 Å². The van der Waals surface area contributed by atoms with E-state index < -0.39 is 49.5 Å². The molecule has 1 saturated heterocycles. The van der Waals surface area contributed by atoms with Gasteiger partial charge in [0, 0.05) is 6.42 Å². The summed E-state index contributed by atoms with van der Waals surface area (Å²) in [6.45, 7) is 3.53. The van der Waals surface area contributed by atoms with Crippen molar-refractivity contribution in [1.82, 2.24) is 5.32 Å². The van der Waals surface area contributed by atoms with E-state index in [1.54, 1.807) is 0 Å². The van der Waals surface area contributed by atoms with Crippen molar-refractivity contribution in [3.05, 3.63) is 60.8 Å². The Balaban J connectivity index is 2.09. The van der Waals surface area contributed by atoms with Gasteiger partial charge in [-0.25, -0.2) is 0 Å². The second-order valence-electron chi connectivity index (χ2n) is 14.4. The second-order valence-corrected chi connectivity index (χ2v) is 14.4. The average Bonchev–Trinajstić information content (AvgIpc) is 3.15. The number of carbonyl (C=O) groups excluding carboxylic acids is 1. The molecule has 306 valence electrons. The van der Waals surface area contributed by atoms with Gasteiger partial charge in [0.2, 0.25) is 5.91 Å². The molecule has 7 atom stereocenters. The number of rotatable bonds is 33. The van der Waals surface area contributed by atoms with Gasteiger partial charge in [-0.2, -0.15) is 0 Å². The summed E-state index contributed by atoms with van der Waals surface area (Å²) in [6, 6.07) is -0.718. The van der Waals surface area contributed by atoms with Gasteiger partial charge in [-0.15, -0.1) is 0 Å². The Morgan fingerprint density at radius 2 is 1.17 bits per heavy atom. The lowest BCUT2D eigenvalue weighted by molar-refractivity contribution is -0.302. The summed E-state index contributed by atoms with van der Waals surface area (Å²) >= 11 is 0. The van der Waals surface area contributed by atoms with Crippen LogP contribution in [-0.4, -0.2) is 87.5 Å². The molecule has 9 nitrogen and oxygen atoms in total. The normalized spacial score (nSPS) is 22.3. The van der Waals surface area contributed by atoms with Crippen molar-refractivity contribution in [3.63, 3.8) is 0 Å². The van der Waals surface area contributed by atoms with Gasteiger partial charge < -0.3 is 40.3 Å². The highest BCUT2D eigenvalue weighted by atomic mass is 16.7. The molecule has 0 aromatic heterocycles. The molecule has 1 aliphatic heterocycles. The molecule has 6 N–H and O–H groups in total. The fraction of sp³-hybridized carbons (Fsp3) is 0.750. The number of nitrogens with one attached hydrogen (secondary N) is 1. The third kappa shape index (κ3) is 25.6. The van der Waals surface area contributed by atoms with Crippen molar-refractivity contribution in [2.45, 2.75) is 198 Å². The van der Waals surface area contributed by atoms with Gasteiger partial charge >= 0.3 is 0 Å². The number of hydrogen-bond acceptors (Lipinski definition) is 8. The Bertz CT molecular complexity index is 1010. The summed E-state index contributed by atoms with van der Waals surface area (Å²) in [7, 11) is 0. The first-order valence-electron chi connectivity index (χ1n) is 21.0. The molecule has 0 aliphatic carbocycles. The van der Waals surface area contributed by atoms with E-state index in [0.29, 0.717) is 12.8 Å². The molecular weight excluding hydrogens is 670 g/mol. The maximum absolute atomic E-state index is 12.8. The molecule has 0 aromatic carbocycles. The Hall–Kier alpha value is -2.11. The Morgan fingerprint density at radius 3 is 1.70 bits per heavy atom.